The monoisotopic (exact) mass is 605 g/mol. The van der Waals surface area contributed by atoms with Crippen LogP contribution in [-0.2, 0) is 39.6 Å². The van der Waals surface area contributed by atoms with E-state index in [4.69, 9.17) is 33.4 Å². The fourth-order valence-electron chi connectivity index (χ4n) is 8.16. The van der Waals surface area contributed by atoms with Crippen molar-refractivity contribution in [1.82, 2.24) is 0 Å². The van der Waals surface area contributed by atoms with E-state index in [0.717, 1.165) is 74.1 Å². The lowest BCUT2D eigenvalue weighted by Crippen LogP contribution is -2.56. The Morgan fingerprint density at radius 3 is 2.23 bits per heavy atom. The van der Waals surface area contributed by atoms with Crippen LogP contribution >= 0.6 is 0 Å². The maximum absolute atomic E-state index is 13.8. The van der Waals surface area contributed by atoms with Gasteiger partial charge in [0.1, 0.15) is 24.4 Å². The molecular weight excluding hydrogens is 558 g/mol. The number of carbonyl (C=O) groups is 1. The number of carbonyl (C=O) groups excluding carboxylic acids is 1. The fraction of sp³-hybridized carbons (Fsp3) is 0.667. The summed E-state index contributed by atoms with van der Waals surface area (Å²) < 4.78 is 39.0. The van der Waals surface area contributed by atoms with E-state index in [1.165, 1.54) is 20.0 Å². The number of esters is 1. The number of rotatable bonds is 7. The number of benzene rings is 2. The van der Waals surface area contributed by atoms with Gasteiger partial charge < -0.3 is 28.4 Å². The summed E-state index contributed by atoms with van der Waals surface area (Å²) in [6.45, 7) is 4.16. The normalized spacial score (nSPS) is 32.8. The van der Waals surface area contributed by atoms with Gasteiger partial charge in [-0.2, -0.15) is 0 Å². The van der Waals surface area contributed by atoms with Crippen molar-refractivity contribution in [3.8, 4) is 0 Å². The van der Waals surface area contributed by atoms with Crippen LogP contribution in [0.3, 0.4) is 0 Å². The average Bonchev–Trinajstić information content (AvgIpc) is 3.60. The number of hydrogen-bond acceptors (Lipinski definition) is 8. The predicted molar refractivity (Wildman–Crippen MR) is 166 cm³/mol. The summed E-state index contributed by atoms with van der Waals surface area (Å²) in [4.78, 5) is 18.9. The van der Waals surface area contributed by atoms with Gasteiger partial charge in [0, 0.05) is 38.3 Å². The summed E-state index contributed by atoms with van der Waals surface area (Å²) >= 11 is 0. The van der Waals surface area contributed by atoms with Crippen LogP contribution in [-0.4, -0.2) is 67.1 Å². The lowest BCUT2D eigenvalue weighted by molar-refractivity contribution is -0.240. The molecule has 0 N–H and O–H groups in total. The van der Waals surface area contributed by atoms with Crippen LogP contribution < -0.4 is 0 Å². The molecular formula is C36H47NO7. The van der Waals surface area contributed by atoms with Crippen molar-refractivity contribution < 1.29 is 33.2 Å². The van der Waals surface area contributed by atoms with Crippen molar-refractivity contribution in [1.29, 1.82) is 0 Å². The molecule has 2 aromatic rings. The van der Waals surface area contributed by atoms with Crippen molar-refractivity contribution in [2.24, 2.45) is 10.9 Å². The van der Waals surface area contributed by atoms with Gasteiger partial charge in [0.2, 0.25) is 0 Å². The second kappa shape index (κ2) is 12.1. The third-order valence-corrected chi connectivity index (χ3v) is 10.9. The highest BCUT2D eigenvalue weighted by Crippen LogP contribution is 2.51. The molecule has 2 saturated carbocycles. The summed E-state index contributed by atoms with van der Waals surface area (Å²) in [7, 11) is 1.45. The van der Waals surface area contributed by atoms with E-state index in [-0.39, 0.29) is 24.1 Å². The van der Waals surface area contributed by atoms with Gasteiger partial charge in [-0.1, -0.05) is 75.6 Å². The zero-order valence-corrected chi connectivity index (χ0v) is 26.4. The molecule has 0 unspecified atom stereocenters. The summed E-state index contributed by atoms with van der Waals surface area (Å²) in [6, 6.07) is 14.6. The molecule has 3 aliphatic heterocycles. The van der Waals surface area contributed by atoms with Crippen LogP contribution in [0.4, 0.5) is 0 Å². The van der Waals surface area contributed by atoms with E-state index in [0.29, 0.717) is 6.42 Å². The van der Waals surface area contributed by atoms with Crippen LogP contribution in [0.5, 0.6) is 0 Å². The molecule has 238 valence electrons. The first-order valence-electron chi connectivity index (χ1n) is 16.9. The van der Waals surface area contributed by atoms with Gasteiger partial charge in [-0.05, 0) is 47.9 Å². The molecule has 44 heavy (non-hydrogen) atoms. The van der Waals surface area contributed by atoms with Crippen molar-refractivity contribution in [3.05, 3.63) is 48.0 Å². The van der Waals surface area contributed by atoms with Gasteiger partial charge >= 0.3 is 5.97 Å². The second-order valence-corrected chi connectivity index (χ2v) is 13.6. The molecule has 0 bridgehead atoms. The molecule has 5 aliphatic rings. The Bertz CT molecular complexity index is 1370. The average molecular weight is 606 g/mol. The zero-order valence-electron chi connectivity index (χ0n) is 26.4. The van der Waals surface area contributed by atoms with Gasteiger partial charge in [0.25, 0.3) is 0 Å². The molecule has 0 aromatic heterocycles. The Labute approximate surface area is 260 Å². The topological polar surface area (TPSA) is 84.8 Å². The maximum Gasteiger partial charge on any atom is 0.334 e. The first-order chi connectivity index (χ1) is 21.4. The minimum absolute atomic E-state index is 0.0909. The maximum atomic E-state index is 13.8. The highest BCUT2D eigenvalue weighted by atomic mass is 16.9. The Balaban J connectivity index is 1.23. The van der Waals surface area contributed by atoms with Crippen LogP contribution in [0.15, 0.2) is 47.5 Å². The van der Waals surface area contributed by atoms with E-state index in [1.807, 2.05) is 12.1 Å². The fourth-order valence-corrected chi connectivity index (χ4v) is 8.16. The summed E-state index contributed by atoms with van der Waals surface area (Å²) in [5, 5.41) is 2.29. The molecule has 2 spiro atoms. The zero-order chi connectivity index (χ0) is 30.4. The largest absolute Gasteiger partial charge is 0.467 e. The Kier molecular flexibility index (Phi) is 8.33. The quantitative estimate of drug-likeness (QED) is 0.258. The molecule has 8 nitrogen and oxygen atoms in total. The highest BCUT2D eigenvalue weighted by Gasteiger charge is 2.64. The predicted octanol–water partition coefficient (Wildman–Crippen LogP) is 6.66. The minimum atomic E-state index is -1.14. The first-order valence-corrected chi connectivity index (χ1v) is 16.9. The second-order valence-electron chi connectivity index (χ2n) is 13.6. The standard InChI is InChI=1S/C36H47NO7/c1-4-24(2)36(33(38)39-3,22-25-15-16-26-13-7-8-14-27(26)21-25)37-23-28-29-30(42-34(41-29)17-9-5-10-18-34)31-32(40-28)44-35(43-31)19-11-6-12-20-35/h7-8,13-16,21,23-24,28-32H,4-6,9-12,17-20,22H2,1-3H3/t24-,28+,29-,30-,31+,32+,36-/m0/s1. The third-order valence-electron chi connectivity index (χ3n) is 10.9. The van der Waals surface area contributed by atoms with E-state index in [1.54, 1.807) is 6.21 Å². The molecule has 0 amide bonds. The number of nitrogens with zero attached hydrogens (tertiary/aromatic N) is 1. The molecule has 2 aliphatic carbocycles. The lowest BCUT2D eigenvalue weighted by atomic mass is 9.78. The van der Waals surface area contributed by atoms with Crippen LogP contribution in [0.1, 0.15) is 90.0 Å². The van der Waals surface area contributed by atoms with Crippen LogP contribution in [0.2, 0.25) is 0 Å². The Morgan fingerprint density at radius 1 is 0.909 bits per heavy atom. The van der Waals surface area contributed by atoms with Gasteiger partial charge in [-0.3, -0.25) is 4.99 Å². The van der Waals surface area contributed by atoms with Crippen molar-refractivity contribution >= 4 is 23.0 Å². The van der Waals surface area contributed by atoms with E-state index >= 15 is 0 Å². The Morgan fingerprint density at radius 2 is 1.55 bits per heavy atom. The molecule has 5 fully saturated rings. The molecule has 7 rings (SSSR count). The van der Waals surface area contributed by atoms with Crippen molar-refractivity contribution in [3.63, 3.8) is 0 Å². The van der Waals surface area contributed by atoms with Crippen molar-refractivity contribution in [2.45, 2.75) is 139 Å². The van der Waals surface area contributed by atoms with Gasteiger partial charge in [0.05, 0.1) is 7.11 Å². The van der Waals surface area contributed by atoms with Crippen LogP contribution in [0, 0.1) is 5.92 Å². The molecule has 0 radical (unpaired) electrons. The summed E-state index contributed by atoms with van der Waals surface area (Å²) in [5.41, 5.74) is -0.108. The highest BCUT2D eigenvalue weighted by molar-refractivity contribution is 5.86. The van der Waals surface area contributed by atoms with E-state index in [2.05, 4.69) is 44.2 Å². The Hall–Kier alpha value is -2.36. The first kappa shape index (κ1) is 30.3. The number of methoxy groups -OCH3 is 1. The SMILES string of the molecule is CC[C@H](C)[C@](Cc1ccc2ccccc2c1)(N=C[C@H]1O[C@@H]2OC3(CCCCC3)O[C@@H]2[C@H]2OC3(CCCCC3)O[C@H]21)C(=O)OC. The van der Waals surface area contributed by atoms with Gasteiger partial charge in [0.15, 0.2) is 23.4 Å². The van der Waals surface area contributed by atoms with Gasteiger partial charge in [-0.25, -0.2) is 4.79 Å². The number of ether oxygens (including phenoxy) is 6. The number of hydrogen-bond donors (Lipinski definition) is 0. The van der Waals surface area contributed by atoms with E-state index in [9.17, 15) is 4.79 Å². The van der Waals surface area contributed by atoms with Crippen molar-refractivity contribution in [2.75, 3.05) is 7.11 Å². The summed E-state index contributed by atoms with van der Waals surface area (Å²) in [5.74, 6) is -1.70. The smallest absolute Gasteiger partial charge is 0.334 e. The number of fused-ring (bicyclic) bond motifs is 4. The lowest BCUT2D eigenvalue weighted by Gasteiger charge is -2.37. The molecule has 7 atom stereocenters. The molecule has 3 heterocycles. The summed E-state index contributed by atoms with van der Waals surface area (Å²) in [6.07, 6.45) is 10.8. The number of aliphatic imine (C=N–C) groups is 1. The molecule has 8 heteroatoms. The third kappa shape index (κ3) is 5.41. The van der Waals surface area contributed by atoms with E-state index < -0.39 is 35.6 Å². The minimum Gasteiger partial charge on any atom is -0.467 e. The molecule has 3 saturated heterocycles. The molecule has 2 aromatic carbocycles. The van der Waals surface area contributed by atoms with Crippen LogP contribution in [0.25, 0.3) is 10.8 Å². The van der Waals surface area contributed by atoms with Gasteiger partial charge in [-0.15, -0.1) is 0 Å².